The van der Waals surface area contributed by atoms with Gasteiger partial charge in [-0.05, 0) is 56.1 Å². The van der Waals surface area contributed by atoms with E-state index < -0.39 is 0 Å². The monoisotopic (exact) mass is 264 g/mol. The van der Waals surface area contributed by atoms with Crippen LogP contribution in [0, 0.1) is 29.1 Å². The lowest BCUT2D eigenvalue weighted by Gasteiger charge is -2.38. The van der Waals surface area contributed by atoms with Gasteiger partial charge in [0.25, 0.3) is 0 Å². The molecule has 3 fully saturated rings. The normalized spacial score (nSPS) is 38.8. The van der Waals surface area contributed by atoms with Gasteiger partial charge in [0.15, 0.2) is 0 Å². The number of hydrogen-bond acceptors (Lipinski definition) is 3. The van der Waals surface area contributed by atoms with Gasteiger partial charge >= 0.3 is 0 Å². The molecule has 0 aromatic rings. The third-order valence-electron chi connectivity index (χ3n) is 5.64. The Morgan fingerprint density at radius 2 is 2.06 bits per heavy atom. The predicted octanol–water partition coefficient (Wildman–Crippen LogP) is 3.14. The molecule has 0 radical (unpaired) electrons. The second-order valence-corrected chi connectivity index (χ2v) is 7.74. The highest BCUT2D eigenvalue weighted by molar-refractivity contribution is 8.00. The molecular weight excluding hydrogens is 240 g/mol. The Bertz CT molecular complexity index is 341. The van der Waals surface area contributed by atoms with Crippen LogP contribution in [-0.2, 0) is 0 Å². The van der Waals surface area contributed by atoms with Crippen LogP contribution in [0.15, 0.2) is 0 Å². The fourth-order valence-corrected chi connectivity index (χ4v) is 5.07. The number of nitriles is 1. The van der Waals surface area contributed by atoms with Crippen LogP contribution in [0.1, 0.15) is 38.5 Å². The Morgan fingerprint density at radius 1 is 1.28 bits per heavy atom. The molecule has 3 atom stereocenters. The lowest BCUT2D eigenvalue weighted by Crippen LogP contribution is -2.44. The maximum Gasteiger partial charge on any atom is 0.104 e. The zero-order valence-electron chi connectivity index (χ0n) is 11.4. The Labute approximate surface area is 115 Å². The minimum absolute atomic E-state index is 0.0782. The van der Waals surface area contributed by atoms with Gasteiger partial charge in [0.05, 0.1) is 6.07 Å². The summed E-state index contributed by atoms with van der Waals surface area (Å²) in [5, 5.41) is 9.31. The van der Waals surface area contributed by atoms with Gasteiger partial charge in [-0.3, -0.25) is 0 Å². The van der Waals surface area contributed by atoms with E-state index in [9.17, 15) is 5.26 Å². The minimum atomic E-state index is -0.0782. The van der Waals surface area contributed by atoms with E-state index in [-0.39, 0.29) is 4.75 Å². The van der Waals surface area contributed by atoms with Gasteiger partial charge in [0, 0.05) is 19.6 Å². The molecule has 3 heteroatoms. The summed E-state index contributed by atoms with van der Waals surface area (Å²) >= 11 is 1.76. The SMILES string of the molecule is CSC1(C#N)CCN(CC2CC3CCC2C3)CC1. The average Bonchev–Trinajstić information content (AvgIpc) is 3.02. The van der Waals surface area contributed by atoms with Gasteiger partial charge in [0.2, 0.25) is 0 Å². The largest absolute Gasteiger partial charge is 0.303 e. The van der Waals surface area contributed by atoms with Gasteiger partial charge in [-0.1, -0.05) is 6.42 Å². The molecule has 0 aromatic carbocycles. The maximum atomic E-state index is 9.31. The molecule has 3 aliphatic rings. The van der Waals surface area contributed by atoms with Crippen molar-refractivity contribution in [3.63, 3.8) is 0 Å². The number of likely N-dealkylation sites (tertiary alicyclic amines) is 1. The van der Waals surface area contributed by atoms with Crippen LogP contribution in [0.5, 0.6) is 0 Å². The number of nitrogens with zero attached hydrogens (tertiary/aromatic N) is 2. The second-order valence-electron chi connectivity index (χ2n) is 6.55. The number of hydrogen-bond donors (Lipinski definition) is 0. The molecule has 1 heterocycles. The molecule has 1 aliphatic heterocycles. The van der Waals surface area contributed by atoms with Gasteiger partial charge in [-0.2, -0.15) is 5.26 Å². The summed E-state index contributed by atoms with van der Waals surface area (Å²) in [5.74, 6) is 3.08. The van der Waals surface area contributed by atoms with Crippen LogP contribution < -0.4 is 0 Å². The number of fused-ring (bicyclic) bond motifs is 2. The fraction of sp³-hybridized carbons (Fsp3) is 0.933. The molecule has 100 valence electrons. The zero-order valence-corrected chi connectivity index (χ0v) is 12.2. The van der Waals surface area contributed by atoms with Crippen molar-refractivity contribution in [3.8, 4) is 6.07 Å². The van der Waals surface area contributed by atoms with Crippen LogP contribution in [0.3, 0.4) is 0 Å². The fourth-order valence-electron chi connectivity index (χ4n) is 4.39. The third kappa shape index (κ3) is 2.30. The summed E-state index contributed by atoms with van der Waals surface area (Å²) in [7, 11) is 0. The molecule has 2 saturated carbocycles. The highest BCUT2D eigenvalue weighted by atomic mass is 32.2. The highest BCUT2D eigenvalue weighted by Gasteiger charge is 2.41. The van der Waals surface area contributed by atoms with E-state index in [1.54, 1.807) is 11.8 Å². The van der Waals surface area contributed by atoms with Crippen LogP contribution in [-0.4, -0.2) is 35.5 Å². The van der Waals surface area contributed by atoms with Crippen molar-refractivity contribution in [3.05, 3.63) is 0 Å². The van der Waals surface area contributed by atoms with E-state index in [4.69, 9.17) is 0 Å². The van der Waals surface area contributed by atoms with Crippen molar-refractivity contribution < 1.29 is 0 Å². The highest BCUT2D eigenvalue weighted by Crippen LogP contribution is 2.48. The molecular formula is C15H24N2S. The van der Waals surface area contributed by atoms with Gasteiger partial charge in [-0.25, -0.2) is 0 Å². The topological polar surface area (TPSA) is 27.0 Å². The summed E-state index contributed by atoms with van der Waals surface area (Å²) in [5.41, 5.74) is 0. The summed E-state index contributed by atoms with van der Waals surface area (Å²) in [6, 6.07) is 2.54. The van der Waals surface area contributed by atoms with Crippen molar-refractivity contribution in [1.29, 1.82) is 5.26 Å². The standard InChI is InChI=1S/C15H24N2S/c1-18-15(11-16)4-6-17(7-5-15)10-14-9-12-2-3-13(14)8-12/h12-14H,2-10H2,1H3. The molecule has 2 nitrogen and oxygen atoms in total. The number of rotatable bonds is 3. The van der Waals surface area contributed by atoms with E-state index >= 15 is 0 Å². The first-order valence-corrected chi connectivity index (χ1v) is 8.66. The first kappa shape index (κ1) is 12.8. The van der Waals surface area contributed by atoms with Gasteiger partial charge < -0.3 is 4.90 Å². The van der Waals surface area contributed by atoms with Crippen molar-refractivity contribution >= 4 is 11.8 Å². The van der Waals surface area contributed by atoms with Gasteiger partial charge in [-0.15, -0.1) is 11.8 Å². The molecule has 0 spiro atoms. The Kier molecular flexibility index (Phi) is 3.60. The van der Waals surface area contributed by atoms with E-state index in [0.717, 1.165) is 43.7 Å². The zero-order chi connectivity index (χ0) is 12.6. The Balaban J connectivity index is 1.50. The summed E-state index contributed by atoms with van der Waals surface area (Å²) in [6.45, 7) is 3.60. The maximum absolute atomic E-state index is 9.31. The Hall–Kier alpha value is -0.200. The smallest absolute Gasteiger partial charge is 0.104 e. The van der Waals surface area contributed by atoms with E-state index in [0.29, 0.717) is 0 Å². The minimum Gasteiger partial charge on any atom is -0.303 e. The molecule has 1 saturated heterocycles. The van der Waals surface area contributed by atoms with E-state index in [1.807, 2.05) is 0 Å². The number of piperidine rings is 1. The molecule has 0 aromatic heterocycles. The quantitative estimate of drug-likeness (QED) is 0.783. The molecule has 0 amide bonds. The Morgan fingerprint density at radius 3 is 2.56 bits per heavy atom. The summed E-state index contributed by atoms with van der Waals surface area (Å²) in [6.07, 6.45) is 10.2. The van der Waals surface area contributed by atoms with Crippen LogP contribution in [0.4, 0.5) is 0 Å². The third-order valence-corrected chi connectivity index (χ3v) is 6.92. The van der Waals surface area contributed by atoms with E-state index in [1.165, 1.54) is 32.2 Å². The summed E-state index contributed by atoms with van der Waals surface area (Å²) < 4.78 is -0.0782. The van der Waals surface area contributed by atoms with Crippen molar-refractivity contribution in [2.24, 2.45) is 17.8 Å². The predicted molar refractivity (Wildman–Crippen MR) is 76.5 cm³/mol. The van der Waals surface area contributed by atoms with Crippen molar-refractivity contribution in [2.45, 2.75) is 43.3 Å². The first-order valence-electron chi connectivity index (χ1n) is 7.43. The second kappa shape index (κ2) is 5.06. The van der Waals surface area contributed by atoms with Gasteiger partial charge in [0.1, 0.15) is 4.75 Å². The van der Waals surface area contributed by atoms with Crippen LogP contribution >= 0.6 is 11.8 Å². The number of thioether (sulfide) groups is 1. The summed E-state index contributed by atoms with van der Waals surface area (Å²) in [4.78, 5) is 2.64. The molecule has 18 heavy (non-hydrogen) atoms. The van der Waals surface area contributed by atoms with E-state index in [2.05, 4.69) is 17.2 Å². The molecule has 2 bridgehead atoms. The van der Waals surface area contributed by atoms with Crippen molar-refractivity contribution in [2.75, 3.05) is 25.9 Å². The van der Waals surface area contributed by atoms with Crippen LogP contribution in [0.2, 0.25) is 0 Å². The molecule has 2 aliphatic carbocycles. The lowest BCUT2D eigenvalue weighted by molar-refractivity contribution is 0.159. The lowest BCUT2D eigenvalue weighted by atomic mass is 9.87. The first-order chi connectivity index (χ1) is 8.74. The van der Waals surface area contributed by atoms with Crippen molar-refractivity contribution in [1.82, 2.24) is 4.90 Å². The average molecular weight is 264 g/mol. The van der Waals surface area contributed by atoms with Crippen LogP contribution in [0.25, 0.3) is 0 Å². The molecule has 3 rings (SSSR count). The molecule has 0 N–H and O–H groups in total. The molecule has 3 unspecified atom stereocenters.